The molecule has 1 unspecified atom stereocenters. The number of aliphatic imine (C=N–C) groups is 1. The van der Waals surface area contributed by atoms with E-state index >= 15 is 0 Å². The van der Waals surface area contributed by atoms with Crippen LogP contribution in [0.25, 0.3) is 0 Å². The molecule has 2 aliphatic heterocycles. The molecule has 1 saturated heterocycles. The van der Waals surface area contributed by atoms with Crippen molar-refractivity contribution in [2.24, 2.45) is 4.99 Å². The molecule has 0 radical (unpaired) electrons. The van der Waals surface area contributed by atoms with Gasteiger partial charge in [-0.1, -0.05) is 0 Å². The van der Waals surface area contributed by atoms with Gasteiger partial charge in [0.05, 0.1) is 6.67 Å². The highest BCUT2D eigenvalue weighted by Gasteiger charge is 2.22. The van der Waals surface area contributed by atoms with Crippen LogP contribution < -0.4 is 5.32 Å². The average molecular weight is 125 g/mol. The fraction of sp³-hybridized carbons (Fsp3) is 0.833. The van der Waals surface area contributed by atoms with Crippen molar-refractivity contribution in [1.29, 1.82) is 0 Å². The van der Waals surface area contributed by atoms with Crippen molar-refractivity contribution in [1.82, 2.24) is 10.2 Å². The Labute approximate surface area is 54.8 Å². The van der Waals surface area contributed by atoms with Crippen molar-refractivity contribution in [3.8, 4) is 0 Å². The van der Waals surface area contributed by atoms with Gasteiger partial charge in [0.25, 0.3) is 0 Å². The van der Waals surface area contributed by atoms with Crippen LogP contribution in [0.4, 0.5) is 0 Å². The third kappa shape index (κ3) is 0.862. The van der Waals surface area contributed by atoms with Crippen LogP contribution in [0.15, 0.2) is 4.99 Å². The Balaban J connectivity index is 2.03. The third-order valence-electron chi connectivity index (χ3n) is 1.91. The zero-order valence-electron chi connectivity index (χ0n) is 5.38. The maximum atomic E-state index is 4.32. The fourth-order valence-electron chi connectivity index (χ4n) is 1.37. The first kappa shape index (κ1) is 5.38. The summed E-state index contributed by atoms with van der Waals surface area (Å²) in [5.41, 5.74) is 0. The van der Waals surface area contributed by atoms with Crippen LogP contribution in [0.1, 0.15) is 6.42 Å². The Bertz CT molecular complexity index is 132. The number of hydrogen-bond donors (Lipinski definition) is 1. The van der Waals surface area contributed by atoms with Gasteiger partial charge < -0.3 is 5.32 Å². The molecule has 0 aromatic carbocycles. The smallest absolute Gasteiger partial charge is 0.104 e. The van der Waals surface area contributed by atoms with Crippen molar-refractivity contribution >= 4 is 6.21 Å². The normalized spacial score (nSPS) is 34.9. The molecule has 2 heterocycles. The Kier molecular flexibility index (Phi) is 1.24. The predicted molar refractivity (Wildman–Crippen MR) is 36.5 cm³/mol. The second-order valence-corrected chi connectivity index (χ2v) is 2.53. The monoisotopic (exact) mass is 125 g/mol. The van der Waals surface area contributed by atoms with Gasteiger partial charge in [-0.3, -0.25) is 9.89 Å². The van der Waals surface area contributed by atoms with Crippen LogP contribution >= 0.6 is 0 Å². The summed E-state index contributed by atoms with van der Waals surface area (Å²) in [5, 5.41) is 3.30. The molecule has 50 valence electrons. The standard InChI is InChI=1S/C6H11N3/c1-2-7-5-9-4-3-8-6(1)9/h3,6-7H,1-2,4-5H2. The summed E-state index contributed by atoms with van der Waals surface area (Å²) < 4.78 is 0. The molecule has 0 bridgehead atoms. The van der Waals surface area contributed by atoms with Crippen molar-refractivity contribution in [2.75, 3.05) is 19.8 Å². The molecule has 3 heteroatoms. The third-order valence-corrected chi connectivity index (χ3v) is 1.91. The van der Waals surface area contributed by atoms with Crippen LogP contribution in [0, 0.1) is 0 Å². The first-order valence-electron chi connectivity index (χ1n) is 3.43. The molecule has 3 nitrogen and oxygen atoms in total. The van der Waals surface area contributed by atoms with Crippen LogP contribution in [-0.4, -0.2) is 37.0 Å². The molecule has 1 atom stereocenters. The van der Waals surface area contributed by atoms with E-state index in [2.05, 4.69) is 15.2 Å². The average Bonchev–Trinajstić information content (AvgIpc) is 2.33. The summed E-state index contributed by atoms with van der Waals surface area (Å²) in [4.78, 5) is 6.66. The lowest BCUT2D eigenvalue weighted by Gasteiger charge is -2.27. The first-order chi connectivity index (χ1) is 4.47. The number of hydrogen-bond acceptors (Lipinski definition) is 3. The van der Waals surface area contributed by atoms with Gasteiger partial charge in [0.1, 0.15) is 6.17 Å². The molecule has 0 saturated carbocycles. The van der Waals surface area contributed by atoms with Crippen molar-refractivity contribution in [2.45, 2.75) is 12.6 Å². The largest absolute Gasteiger partial charge is 0.304 e. The Morgan fingerprint density at radius 3 is 3.56 bits per heavy atom. The molecular weight excluding hydrogens is 114 g/mol. The lowest BCUT2D eigenvalue weighted by molar-refractivity contribution is 0.184. The van der Waals surface area contributed by atoms with Crippen LogP contribution in [-0.2, 0) is 0 Å². The highest BCUT2D eigenvalue weighted by Crippen LogP contribution is 2.11. The number of fused-ring (bicyclic) bond motifs is 1. The topological polar surface area (TPSA) is 27.6 Å². The van der Waals surface area contributed by atoms with Gasteiger partial charge in [-0.2, -0.15) is 0 Å². The molecule has 0 aliphatic carbocycles. The number of nitrogens with one attached hydrogen (secondary N) is 1. The van der Waals surface area contributed by atoms with E-state index in [9.17, 15) is 0 Å². The molecule has 0 amide bonds. The number of nitrogens with zero attached hydrogens (tertiary/aromatic N) is 2. The zero-order chi connectivity index (χ0) is 6.10. The fourth-order valence-corrected chi connectivity index (χ4v) is 1.37. The lowest BCUT2D eigenvalue weighted by atomic mass is 10.3. The second-order valence-electron chi connectivity index (χ2n) is 2.53. The van der Waals surface area contributed by atoms with Gasteiger partial charge in [0.15, 0.2) is 0 Å². The summed E-state index contributed by atoms with van der Waals surface area (Å²) in [6.45, 7) is 3.18. The molecule has 0 aromatic heterocycles. The van der Waals surface area contributed by atoms with Gasteiger partial charge >= 0.3 is 0 Å². The number of rotatable bonds is 0. The van der Waals surface area contributed by atoms with Crippen LogP contribution in [0.5, 0.6) is 0 Å². The maximum Gasteiger partial charge on any atom is 0.104 e. The highest BCUT2D eigenvalue weighted by atomic mass is 15.3. The van der Waals surface area contributed by atoms with E-state index in [1.807, 2.05) is 6.21 Å². The quantitative estimate of drug-likeness (QED) is 0.479. The van der Waals surface area contributed by atoms with E-state index in [4.69, 9.17) is 0 Å². The Morgan fingerprint density at radius 2 is 2.67 bits per heavy atom. The van der Waals surface area contributed by atoms with Gasteiger partial charge in [-0.25, -0.2) is 0 Å². The molecule has 0 spiro atoms. The summed E-state index contributed by atoms with van der Waals surface area (Å²) in [5.74, 6) is 0. The molecule has 0 aromatic rings. The van der Waals surface area contributed by atoms with Crippen molar-refractivity contribution in [3.63, 3.8) is 0 Å². The van der Waals surface area contributed by atoms with Gasteiger partial charge in [-0.05, 0) is 13.0 Å². The van der Waals surface area contributed by atoms with Crippen LogP contribution in [0.3, 0.4) is 0 Å². The Morgan fingerprint density at radius 1 is 1.67 bits per heavy atom. The van der Waals surface area contributed by atoms with E-state index in [1.165, 1.54) is 6.42 Å². The van der Waals surface area contributed by atoms with Gasteiger partial charge in [0, 0.05) is 12.8 Å². The highest BCUT2D eigenvalue weighted by molar-refractivity contribution is 5.62. The van der Waals surface area contributed by atoms with E-state index in [0.29, 0.717) is 6.17 Å². The van der Waals surface area contributed by atoms with E-state index in [0.717, 1.165) is 19.8 Å². The minimum atomic E-state index is 0.506. The summed E-state index contributed by atoms with van der Waals surface area (Å²) in [6, 6.07) is 0. The SMILES string of the molecule is C1=NC2CCNCN2C1. The van der Waals surface area contributed by atoms with Crippen molar-refractivity contribution < 1.29 is 0 Å². The molecule has 1 N–H and O–H groups in total. The molecule has 2 rings (SSSR count). The van der Waals surface area contributed by atoms with Gasteiger partial charge in [0.2, 0.25) is 0 Å². The molecule has 2 aliphatic rings. The van der Waals surface area contributed by atoms with Gasteiger partial charge in [-0.15, -0.1) is 0 Å². The van der Waals surface area contributed by atoms with E-state index < -0.39 is 0 Å². The molecule has 1 fully saturated rings. The summed E-state index contributed by atoms with van der Waals surface area (Å²) >= 11 is 0. The maximum absolute atomic E-state index is 4.32. The van der Waals surface area contributed by atoms with Crippen molar-refractivity contribution in [3.05, 3.63) is 0 Å². The summed E-state index contributed by atoms with van der Waals surface area (Å²) in [6.07, 6.45) is 3.69. The summed E-state index contributed by atoms with van der Waals surface area (Å²) in [7, 11) is 0. The lowest BCUT2D eigenvalue weighted by Crippen LogP contribution is -2.45. The van der Waals surface area contributed by atoms with Crippen LogP contribution in [0.2, 0.25) is 0 Å². The van der Waals surface area contributed by atoms with E-state index in [-0.39, 0.29) is 0 Å². The molecule has 9 heavy (non-hydrogen) atoms. The first-order valence-corrected chi connectivity index (χ1v) is 3.43. The minimum absolute atomic E-state index is 0.506. The molecular formula is C6H11N3. The zero-order valence-corrected chi connectivity index (χ0v) is 5.38. The Hall–Kier alpha value is -0.410. The van der Waals surface area contributed by atoms with E-state index in [1.54, 1.807) is 0 Å². The predicted octanol–water partition coefficient (Wildman–Crippen LogP) is -0.350. The second kappa shape index (κ2) is 2.08. The minimum Gasteiger partial charge on any atom is -0.304 e.